The molecule has 0 radical (unpaired) electrons. The number of benzene rings is 1. The van der Waals surface area contributed by atoms with Crippen molar-refractivity contribution in [2.45, 2.75) is 13.8 Å². The van der Waals surface area contributed by atoms with Gasteiger partial charge in [0.05, 0.1) is 17.2 Å². The summed E-state index contributed by atoms with van der Waals surface area (Å²) < 4.78 is 4.99. The average Bonchev–Trinajstić information content (AvgIpc) is 2.95. The summed E-state index contributed by atoms with van der Waals surface area (Å²) in [4.78, 5) is 37.8. The summed E-state index contributed by atoms with van der Waals surface area (Å²) in [6.45, 7) is 3.26. The largest absolute Gasteiger partial charge is 0.462 e. The zero-order chi connectivity index (χ0) is 18.4. The number of nitrogens with one attached hydrogen (secondary N) is 1. The molecule has 1 aromatic carbocycles. The first-order chi connectivity index (χ1) is 11.9. The molecule has 1 amide bonds. The molecular weight excluding hydrogens is 346 g/mol. The van der Waals surface area contributed by atoms with Gasteiger partial charge in [0.2, 0.25) is 5.91 Å². The van der Waals surface area contributed by atoms with E-state index in [1.807, 2.05) is 0 Å². The second-order valence-corrected chi connectivity index (χ2v) is 5.82. The first kappa shape index (κ1) is 18.3. The van der Waals surface area contributed by atoms with Gasteiger partial charge in [0.1, 0.15) is 4.88 Å². The second kappa shape index (κ2) is 8.15. The van der Waals surface area contributed by atoms with Gasteiger partial charge in [-0.05, 0) is 30.7 Å². The van der Waals surface area contributed by atoms with Gasteiger partial charge in [-0.2, -0.15) is 0 Å². The lowest BCUT2D eigenvalue weighted by Gasteiger charge is -1.99. The third kappa shape index (κ3) is 4.95. The molecule has 1 aromatic heterocycles. The number of rotatable bonds is 6. The minimum absolute atomic E-state index is 0.00837. The number of esters is 1. The smallest absolute Gasteiger partial charge is 0.350 e. The molecule has 0 aliphatic heterocycles. The van der Waals surface area contributed by atoms with Gasteiger partial charge in [-0.1, -0.05) is 17.4 Å². The summed E-state index contributed by atoms with van der Waals surface area (Å²) >= 11 is 1.02. The minimum atomic E-state index is -0.528. The summed E-state index contributed by atoms with van der Waals surface area (Å²) in [6.07, 6.45) is 3.26. The fourth-order valence-electron chi connectivity index (χ4n) is 1.87. The van der Waals surface area contributed by atoms with E-state index >= 15 is 0 Å². The van der Waals surface area contributed by atoms with Crippen LogP contribution in [-0.2, 0) is 9.53 Å². The molecule has 0 fully saturated rings. The maximum atomic E-state index is 12.0. The molecular formula is C16H15N3O5S. The van der Waals surface area contributed by atoms with Crippen LogP contribution in [-0.4, -0.2) is 28.4 Å². The van der Waals surface area contributed by atoms with Gasteiger partial charge in [0.15, 0.2) is 5.13 Å². The lowest BCUT2D eigenvalue weighted by Crippen LogP contribution is -2.04. The number of hydrogen-bond acceptors (Lipinski definition) is 7. The molecule has 0 aliphatic rings. The first-order valence-electron chi connectivity index (χ1n) is 7.28. The summed E-state index contributed by atoms with van der Waals surface area (Å²) in [5, 5.41) is 13.5. The number of carbonyl (C=O) groups is 2. The molecule has 0 atom stereocenters. The average molecular weight is 361 g/mol. The lowest BCUT2D eigenvalue weighted by atomic mass is 10.2. The Kier molecular flexibility index (Phi) is 5.96. The number of carbonyl (C=O) groups excluding carboxylic acids is 2. The van der Waals surface area contributed by atoms with Crippen molar-refractivity contribution in [1.82, 2.24) is 4.98 Å². The molecule has 130 valence electrons. The van der Waals surface area contributed by atoms with Gasteiger partial charge in [-0.15, -0.1) is 0 Å². The van der Waals surface area contributed by atoms with Crippen molar-refractivity contribution in [2.75, 3.05) is 11.9 Å². The van der Waals surface area contributed by atoms with Crippen LogP contribution in [0.5, 0.6) is 0 Å². The predicted octanol–water partition coefficient (Wildman–Crippen LogP) is 3.36. The van der Waals surface area contributed by atoms with Crippen LogP contribution in [0.15, 0.2) is 24.3 Å². The molecule has 0 aliphatic carbocycles. The van der Waals surface area contributed by atoms with Crippen molar-refractivity contribution in [3.8, 4) is 0 Å². The first-order valence-corrected chi connectivity index (χ1v) is 8.10. The van der Waals surface area contributed by atoms with E-state index in [4.69, 9.17) is 4.74 Å². The Morgan fingerprint density at radius 2 is 2.00 bits per heavy atom. The lowest BCUT2D eigenvalue weighted by molar-refractivity contribution is -0.384. The third-order valence-electron chi connectivity index (χ3n) is 2.93. The van der Waals surface area contributed by atoms with Gasteiger partial charge in [0.25, 0.3) is 5.69 Å². The number of nitro groups is 1. The number of non-ortho nitro benzene ring substituents is 1. The molecule has 9 heteroatoms. The Labute approximate surface area is 147 Å². The van der Waals surface area contributed by atoms with Crippen LogP contribution >= 0.6 is 11.3 Å². The van der Waals surface area contributed by atoms with Crippen LogP contribution in [0.4, 0.5) is 10.8 Å². The number of amides is 1. The normalized spacial score (nSPS) is 10.6. The molecule has 1 heterocycles. The third-order valence-corrected chi connectivity index (χ3v) is 3.90. The Hall–Kier alpha value is -3.07. The van der Waals surface area contributed by atoms with Crippen molar-refractivity contribution < 1.29 is 19.2 Å². The van der Waals surface area contributed by atoms with E-state index in [0.717, 1.165) is 11.3 Å². The molecule has 0 saturated heterocycles. The van der Waals surface area contributed by atoms with E-state index in [2.05, 4.69) is 10.3 Å². The molecule has 0 spiro atoms. The van der Waals surface area contributed by atoms with Gasteiger partial charge in [-0.3, -0.25) is 14.9 Å². The van der Waals surface area contributed by atoms with Crippen LogP contribution in [0.1, 0.15) is 34.8 Å². The standard InChI is InChI=1S/C16H15N3O5S/c1-3-24-15(21)14-13(18-16(25-14)17-10(2)20)9-6-11-4-7-12(8-5-11)19(22)23/h4-9H,3H2,1-2H3,(H,17,18,20)/b9-6+. The van der Waals surface area contributed by atoms with Crippen molar-refractivity contribution in [3.63, 3.8) is 0 Å². The Morgan fingerprint density at radius 1 is 1.32 bits per heavy atom. The monoisotopic (exact) mass is 361 g/mol. The predicted molar refractivity (Wildman–Crippen MR) is 94.4 cm³/mol. The molecule has 8 nitrogen and oxygen atoms in total. The fourth-order valence-corrected chi connectivity index (χ4v) is 2.77. The number of ether oxygens (including phenoxy) is 1. The van der Waals surface area contributed by atoms with E-state index in [0.29, 0.717) is 16.4 Å². The number of nitrogens with zero attached hydrogens (tertiary/aromatic N) is 2. The number of aromatic nitrogens is 1. The minimum Gasteiger partial charge on any atom is -0.462 e. The zero-order valence-electron chi connectivity index (χ0n) is 13.5. The van der Waals surface area contributed by atoms with E-state index in [-0.39, 0.29) is 23.1 Å². The zero-order valence-corrected chi connectivity index (χ0v) is 14.3. The van der Waals surface area contributed by atoms with Crippen LogP contribution in [0, 0.1) is 10.1 Å². The fraction of sp³-hybridized carbons (Fsp3) is 0.188. The molecule has 0 saturated carbocycles. The van der Waals surface area contributed by atoms with Crippen LogP contribution in [0.25, 0.3) is 12.2 Å². The Balaban J connectivity index is 2.29. The second-order valence-electron chi connectivity index (χ2n) is 4.82. The van der Waals surface area contributed by atoms with Crippen molar-refractivity contribution >= 4 is 46.2 Å². The summed E-state index contributed by atoms with van der Waals surface area (Å²) in [6, 6.07) is 5.94. The number of anilines is 1. The topological polar surface area (TPSA) is 111 Å². The van der Waals surface area contributed by atoms with E-state index in [1.165, 1.54) is 19.1 Å². The Morgan fingerprint density at radius 3 is 2.56 bits per heavy atom. The van der Waals surface area contributed by atoms with Gasteiger partial charge in [-0.25, -0.2) is 9.78 Å². The summed E-state index contributed by atoms with van der Waals surface area (Å²) in [7, 11) is 0. The highest BCUT2D eigenvalue weighted by Gasteiger charge is 2.18. The van der Waals surface area contributed by atoms with Crippen LogP contribution < -0.4 is 5.32 Å². The van der Waals surface area contributed by atoms with Crippen LogP contribution in [0.3, 0.4) is 0 Å². The van der Waals surface area contributed by atoms with Crippen LogP contribution in [0.2, 0.25) is 0 Å². The van der Waals surface area contributed by atoms with Crippen molar-refractivity contribution in [2.24, 2.45) is 0 Å². The maximum absolute atomic E-state index is 12.0. The van der Waals surface area contributed by atoms with Gasteiger partial charge in [0, 0.05) is 19.1 Å². The maximum Gasteiger partial charge on any atom is 0.350 e. The molecule has 25 heavy (non-hydrogen) atoms. The van der Waals surface area contributed by atoms with Gasteiger partial charge >= 0.3 is 5.97 Å². The van der Waals surface area contributed by atoms with E-state index in [9.17, 15) is 19.7 Å². The summed E-state index contributed by atoms with van der Waals surface area (Å²) in [5.74, 6) is -0.824. The molecule has 2 rings (SSSR count). The molecule has 2 aromatic rings. The van der Waals surface area contributed by atoms with Crippen molar-refractivity contribution in [3.05, 3.63) is 50.5 Å². The number of hydrogen-bond donors (Lipinski definition) is 1. The van der Waals surface area contributed by atoms with E-state index in [1.54, 1.807) is 31.2 Å². The SMILES string of the molecule is CCOC(=O)c1sc(NC(C)=O)nc1/C=C/c1ccc([N+](=O)[O-])cc1. The molecule has 1 N–H and O–H groups in total. The molecule has 0 bridgehead atoms. The highest BCUT2D eigenvalue weighted by atomic mass is 32.1. The summed E-state index contributed by atoms with van der Waals surface area (Å²) in [5.41, 5.74) is 1.05. The highest BCUT2D eigenvalue weighted by Crippen LogP contribution is 2.26. The number of nitro benzene ring substituents is 1. The quantitative estimate of drug-likeness (QED) is 0.480. The number of thiazole rings is 1. The van der Waals surface area contributed by atoms with E-state index < -0.39 is 10.9 Å². The highest BCUT2D eigenvalue weighted by molar-refractivity contribution is 7.17. The Bertz CT molecular complexity index is 827. The van der Waals surface area contributed by atoms with Gasteiger partial charge < -0.3 is 10.1 Å². The molecule has 0 unspecified atom stereocenters. The van der Waals surface area contributed by atoms with Crippen molar-refractivity contribution in [1.29, 1.82) is 0 Å².